The Morgan fingerprint density at radius 1 is 1.60 bits per heavy atom. The quantitative estimate of drug-likeness (QED) is 0.645. The molecule has 1 fully saturated rings. The molecule has 1 unspecified atom stereocenters. The number of carbonyl (C=O) groups is 1. The van der Waals surface area contributed by atoms with Gasteiger partial charge < -0.3 is 10.1 Å². The lowest BCUT2D eigenvalue weighted by Gasteiger charge is -2.16. The summed E-state index contributed by atoms with van der Waals surface area (Å²) in [4.78, 5) is 10.9. The standard InChI is InChI=1S/C11H21NO2S/c1-3-6-12-10(9-4-5-9)7-15-8-11(13)14-2/h9-10,12H,3-8H2,1-2H3. The summed E-state index contributed by atoms with van der Waals surface area (Å²) in [6.07, 6.45) is 3.87. The van der Waals surface area contributed by atoms with Crippen LogP contribution < -0.4 is 5.32 Å². The van der Waals surface area contributed by atoms with Gasteiger partial charge in [0.05, 0.1) is 12.9 Å². The molecule has 1 aliphatic rings. The maximum atomic E-state index is 10.9. The van der Waals surface area contributed by atoms with E-state index in [2.05, 4.69) is 17.0 Å². The third-order valence-electron chi connectivity index (χ3n) is 2.59. The molecule has 88 valence electrons. The highest BCUT2D eigenvalue weighted by atomic mass is 32.2. The molecule has 0 aromatic heterocycles. The largest absolute Gasteiger partial charge is 0.468 e. The SMILES string of the molecule is CCCNC(CSCC(=O)OC)C1CC1. The number of hydrogen-bond donors (Lipinski definition) is 1. The van der Waals surface area contributed by atoms with Crippen LogP contribution in [0.5, 0.6) is 0 Å². The lowest BCUT2D eigenvalue weighted by Crippen LogP contribution is -2.34. The molecule has 0 bridgehead atoms. The first kappa shape index (κ1) is 12.8. The highest BCUT2D eigenvalue weighted by Crippen LogP contribution is 2.33. The Morgan fingerprint density at radius 3 is 2.87 bits per heavy atom. The van der Waals surface area contributed by atoms with E-state index in [1.165, 1.54) is 26.4 Å². The second-order valence-corrected chi connectivity index (χ2v) is 5.02. The normalized spacial score (nSPS) is 17.5. The molecule has 0 heterocycles. The van der Waals surface area contributed by atoms with Crippen LogP contribution >= 0.6 is 11.8 Å². The van der Waals surface area contributed by atoms with Crippen molar-refractivity contribution in [1.29, 1.82) is 0 Å². The Morgan fingerprint density at radius 2 is 2.33 bits per heavy atom. The van der Waals surface area contributed by atoms with Crippen LogP contribution in [0.3, 0.4) is 0 Å². The number of methoxy groups -OCH3 is 1. The maximum Gasteiger partial charge on any atom is 0.315 e. The summed E-state index contributed by atoms with van der Waals surface area (Å²) in [6.45, 7) is 3.26. The minimum absolute atomic E-state index is 0.120. The highest BCUT2D eigenvalue weighted by molar-refractivity contribution is 7.99. The fourth-order valence-electron chi connectivity index (χ4n) is 1.52. The minimum atomic E-state index is -0.120. The molecule has 15 heavy (non-hydrogen) atoms. The molecular formula is C11H21NO2S. The Hall–Kier alpha value is -0.220. The van der Waals surface area contributed by atoms with Gasteiger partial charge in [0.1, 0.15) is 0 Å². The second-order valence-electron chi connectivity index (χ2n) is 3.99. The molecular weight excluding hydrogens is 210 g/mol. The monoisotopic (exact) mass is 231 g/mol. The van der Waals surface area contributed by atoms with Crippen molar-refractivity contribution in [3.63, 3.8) is 0 Å². The lowest BCUT2D eigenvalue weighted by molar-refractivity contribution is -0.137. The number of hydrogen-bond acceptors (Lipinski definition) is 4. The van der Waals surface area contributed by atoms with E-state index in [0.717, 1.165) is 18.2 Å². The summed E-state index contributed by atoms with van der Waals surface area (Å²) in [5.74, 6) is 2.24. The number of esters is 1. The molecule has 1 aliphatic carbocycles. The van der Waals surface area contributed by atoms with Crippen molar-refractivity contribution >= 4 is 17.7 Å². The van der Waals surface area contributed by atoms with E-state index in [1.54, 1.807) is 11.8 Å². The number of nitrogens with one attached hydrogen (secondary N) is 1. The van der Waals surface area contributed by atoms with Crippen LogP contribution in [0.25, 0.3) is 0 Å². The van der Waals surface area contributed by atoms with Crippen LogP contribution in [-0.4, -0.2) is 37.2 Å². The molecule has 1 atom stereocenters. The Labute approximate surface area is 96.3 Å². The summed E-state index contributed by atoms with van der Waals surface area (Å²) < 4.78 is 4.61. The summed E-state index contributed by atoms with van der Waals surface area (Å²) >= 11 is 1.68. The molecule has 0 aromatic carbocycles. The molecule has 3 nitrogen and oxygen atoms in total. The van der Waals surface area contributed by atoms with Gasteiger partial charge in [0, 0.05) is 11.8 Å². The van der Waals surface area contributed by atoms with Crippen LogP contribution in [0.2, 0.25) is 0 Å². The first-order valence-electron chi connectivity index (χ1n) is 5.65. The maximum absolute atomic E-state index is 10.9. The molecule has 0 saturated heterocycles. The topological polar surface area (TPSA) is 38.3 Å². The van der Waals surface area contributed by atoms with Crippen molar-refractivity contribution in [3.8, 4) is 0 Å². The zero-order valence-electron chi connectivity index (χ0n) is 9.62. The van der Waals surface area contributed by atoms with E-state index >= 15 is 0 Å². The highest BCUT2D eigenvalue weighted by Gasteiger charge is 2.30. The summed E-state index contributed by atoms with van der Waals surface area (Å²) in [5, 5.41) is 3.55. The van der Waals surface area contributed by atoms with E-state index in [-0.39, 0.29) is 5.97 Å². The summed E-state index contributed by atoms with van der Waals surface area (Å²) in [6, 6.07) is 0.597. The molecule has 0 spiro atoms. The molecule has 1 rings (SSSR count). The first-order valence-corrected chi connectivity index (χ1v) is 6.81. The van der Waals surface area contributed by atoms with Gasteiger partial charge in [-0.15, -0.1) is 11.8 Å². The van der Waals surface area contributed by atoms with Gasteiger partial charge in [-0.3, -0.25) is 4.79 Å². The summed E-state index contributed by atoms with van der Waals surface area (Å²) in [5.41, 5.74) is 0. The van der Waals surface area contributed by atoms with Gasteiger partial charge in [-0.25, -0.2) is 0 Å². The van der Waals surface area contributed by atoms with E-state index in [9.17, 15) is 4.79 Å². The van der Waals surface area contributed by atoms with Gasteiger partial charge in [0.25, 0.3) is 0 Å². The Kier molecular flexibility index (Phi) is 6.10. The third kappa shape index (κ3) is 5.42. The van der Waals surface area contributed by atoms with Gasteiger partial charge >= 0.3 is 5.97 Å². The fraction of sp³-hybridized carbons (Fsp3) is 0.909. The van der Waals surface area contributed by atoms with Gasteiger partial charge in [-0.1, -0.05) is 6.92 Å². The molecule has 4 heteroatoms. The second kappa shape index (κ2) is 7.12. The zero-order valence-corrected chi connectivity index (χ0v) is 10.4. The fourth-order valence-corrected chi connectivity index (χ4v) is 2.56. The molecule has 0 aliphatic heterocycles. The van der Waals surface area contributed by atoms with Crippen molar-refractivity contribution in [1.82, 2.24) is 5.32 Å². The van der Waals surface area contributed by atoms with Gasteiger partial charge in [-0.05, 0) is 31.7 Å². The van der Waals surface area contributed by atoms with Gasteiger partial charge in [0.15, 0.2) is 0 Å². The van der Waals surface area contributed by atoms with Crippen LogP contribution in [0, 0.1) is 5.92 Å². The first-order chi connectivity index (χ1) is 7.27. The predicted molar refractivity (Wildman–Crippen MR) is 64.1 cm³/mol. The van der Waals surface area contributed by atoms with E-state index in [0.29, 0.717) is 11.8 Å². The van der Waals surface area contributed by atoms with Gasteiger partial charge in [-0.2, -0.15) is 0 Å². The Balaban J connectivity index is 2.11. The number of rotatable bonds is 8. The van der Waals surface area contributed by atoms with Crippen molar-refractivity contribution in [2.45, 2.75) is 32.2 Å². The number of thioether (sulfide) groups is 1. The van der Waals surface area contributed by atoms with Crippen LogP contribution in [0.4, 0.5) is 0 Å². The third-order valence-corrected chi connectivity index (χ3v) is 3.63. The summed E-state index contributed by atoms with van der Waals surface area (Å²) in [7, 11) is 1.44. The van der Waals surface area contributed by atoms with Crippen molar-refractivity contribution in [2.24, 2.45) is 5.92 Å². The molecule has 0 radical (unpaired) electrons. The smallest absolute Gasteiger partial charge is 0.315 e. The van der Waals surface area contributed by atoms with Gasteiger partial charge in [0.2, 0.25) is 0 Å². The zero-order chi connectivity index (χ0) is 11.1. The van der Waals surface area contributed by atoms with Crippen molar-refractivity contribution < 1.29 is 9.53 Å². The average molecular weight is 231 g/mol. The number of carbonyl (C=O) groups excluding carboxylic acids is 1. The molecule has 0 aromatic rings. The Bertz CT molecular complexity index is 195. The van der Waals surface area contributed by atoms with Crippen molar-refractivity contribution in [2.75, 3.05) is 25.2 Å². The molecule has 1 N–H and O–H groups in total. The molecule has 1 saturated carbocycles. The molecule has 0 amide bonds. The predicted octanol–water partition coefficient (Wildman–Crippen LogP) is 1.67. The van der Waals surface area contributed by atoms with E-state index < -0.39 is 0 Å². The van der Waals surface area contributed by atoms with Crippen LogP contribution in [-0.2, 0) is 9.53 Å². The van der Waals surface area contributed by atoms with Crippen LogP contribution in [0.1, 0.15) is 26.2 Å². The van der Waals surface area contributed by atoms with E-state index in [4.69, 9.17) is 0 Å². The number of ether oxygens (including phenoxy) is 1. The lowest BCUT2D eigenvalue weighted by atomic mass is 10.2. The van der Waals surface area contributed by atoms with Crippen molar-refractivity contribution in [3.05, 3.63) is 0 Å². The average Bonchev–Trinajstić information content (AvgIpc) is 3.06. The van der Waals surface area contributed by atoms with Crippen LogP contribution in [0.15, 0.2) is 0 Å². The van der Waals surface area contributed by atoms with E-state index in [1.807, 2.05) is 0 Å². The minimum Gasteiger partial charge on any atom is -0.468 e.